The molecule has 25 heavy (non-hydrogen) atoms. The van der Waals surface area contributed by atoms with E-state index in [4.69, 9.17) is 16.3 Å². The third-order valence-electron chi connectivity index (χ3n) is 2.87. The zero-order chi connectivity index (χ0) is 18.4. The summed E-state index contributed by atoms with van der Waals surface area (Å²) in [5.74, 6) is -0.836. The Morgan fingerprint density at radius 1 is 1.44 bits per heavy atom. The number of nitrogens with one attached hydrogen (secondary N) is 1. The van der Waals surface area contributed by atoms with Crippen molar-refractivity contribution >= 4 is 45.3 Å². The maximum atomic E-state index is 11.7. The summed E-state index contributed by atoms with van der Waals surface area (Å²) in [4.78, 5) is 21.9. The molecule has 0 aliphatic rings. The van der Waals surface area contributed by atoms with E-state index >= 15 is 0 Å². The number of benzene rings is 2. The number of nitro benzene ring substituents is 1. The first-order valence-electron chi connectivity index (χ1n) is 6.74. The Labute approximate surface area is 155 Å². The summed E-state index contributed by atoms with van der Waals surface area (Å²) in [6, 6.07) is 8.76. The van der Waals surface area contributed by atoms with Crippen LogP contribution in [-0.4, -0.2) is 28.8 Å². The van der Waals surface area contributed by atoms with Crippen molar-refractivity contribution in [2.24, 2.45) is 5.10 Å². The van der Waals surface area contributed by atoms with Gasteiger partial charge in [0, 0.05) is 16.1 Å². The van der Waals surface area contributed by atoms with Gasteiger partial charge in [0.2, 0.25) is 0 Å². The molecule has 0 bridgehead atoms. The first-order valence-corrected chi connectivity index (χ1v) is 7.91. The van der Waals surface area contributed by atoms with Crippen molar-refractivity contribution in [1.82, 2.24) is 5.43 Å². The molecule has 0 heterocycles. The van der Waals surface area contributed by atoms with Gasteiger partial charge in [-0.1, -0.05) is 39.7 Å². The highest BCUT2D eigenvalue weighted by molar-refractivity contribution is 9.10. The average molecular weight is 429 g/mol. The van der Waals surface area contributed by atoms with Crippen LogP contribution in [0.4, 0.5) is 5.69 Å². The number of halogens is 2. The number of hydrogen-bond donors (Lipinski definition) is 2. The van der Waals surface area contributed by atoms with Crippen LogP contribution in [0, 0.1) is 10.1 Å². The van der Waals surface area contributed by atoms with Crippen molar-refractivity contribution < 1.29 is 19.6 Å². The van der Waals surface area contributed by atoms with Crippen LogP contribution in [0.2, 0.25) is 5.02 Å². The predicted molar refractivity (Wildman–Crippen MR) is 95.1 cm³/mol. The lowest BCUT2D eigenvalue weighted by molar-refractivity contribution is -0.385. The topological polar surface area (TPSA) is 114 Å². The molecule has 10 heteroatoms. The lowest BCUT2D eigenvalue weighted by Crippen LogP contribution is -2.24. The molecular weight excluding hydrogens is 418 g/mol. The molecule has 0 fully saturated rings. The van der Waals surface area contributed by atoms with E-state index in [0.717, 1.165) is 0 Å². The van der Waals surface area contributed by atoms with Crippen LogP contribution >= 0.6 is 27.5 Å². The van der Waals surface area contributed by atoms with Crippen molar-refractivity contribution in [3.05, 3.63) is 61.6 Å². The summed E-state index contributed by atoms with van der Waals surface area (Å²) in [7, 11) is 0. The van der Waals surface area contributed by atoms with E-state index in [1.54, 1.807) is 12.1 Å². The van der Waals surface area contributed by atoms with Gasteiger partial charge in [0.1, 0.15) is 5.75 Å². The second kappa shape index (κ2) is 8.45. The number of hydrogen-bond acceptors (Lipinski definition) is 6. The van der Waals surface area contributed by atoms with E-state index in [9.17, 15) is 20.0 Å². The predicted octanol–water partition coefficient (Wildman–Crippen LogP) is 3.25. The quantitative estimate of drug-likeness (QED) is 0.416. The van der Waals surface area contributed by atoms with E-state index in [1.807, 2.05) is 0 Å². The highest BCUT2D eigenvalue weighted by atomic mass is 79.9. The summed E-state index contributed by atoms with van der Waals surface area (Å²) >= 11 is 9.03. The highest BCUT2D eigenvalue weighted by Crippen LogP contribution is 2.30. The van der Waals surface area contributed by atoms with Crippen LogP contribution in [0.15, 0.2) is 46.0 Å². The van der Waals surface area contributed by atoms with Gasteiger partial charge in [-0.3, -0.25) is 14.9 Å². The number of aromatic hydroxyl groups is 1. The first-order chi connectivity index (χ1) is 11.9. The molecule has 0 aliphatic heterocycles. The molecule has 130 valence electrons. The largest absolute Gasteiger partial charge is 0.506 e. The molecule has 0 saturated carbocycles. The van der Waals surface area contributed by atoms with Gasteiger partial charge in [-0.05, 0) is 18.2 Å². The van der Waals surface area contributed by atoms with Crippen molar-refractivity contribution in [2.75, 3.05) is 6.61 Å². The summed E-state index contributed by atoms with van der Waals surface area (Å²) < 4.78 is 5.75. The number of rotatable bonds is 6. The van der Waals surface area contributed by atoms with Crippen LogP contribution in [0.3, 0.4) is 0 Å². The second-order valence-corrected chi connectivity index (χ2v) is 5.96. The smallest absolute Gasteiger partial charge is 0.310 e. The number of phenols is 1. The Hall–Kier alpha value is -2.65. The third-order valence-corrected chi connectivity index (χ3v) is 3.62. The van der Waals surface area contributed by atoms with Crippen LogP contribution in [0.5, 0.6) is 11.5 Å². The lowest BCUT2D eigenvalue weighted by Gasteiger charge is -2.05. The molecule has 2 aromatic rings. The molecule has 0 spiro atoms. The molecule has 0 saturated heterocycles. The summed E-state index contributed by atoms with van der Waals surface area (Å²) in [5.41, 5.74) is 2.23. The lowest BCUT2D eigenvalue weighted by atomic mass is 10.2. The molecular formula is C15H11BrClN3O5. The number of phenolic OH excluding ortho intramolecular Hbond substituents is 1. The third kappa shape index (κ3) is 5.16. The van der Waals surface area contributed by atoms with Crippen LogP contribution < -0.4 is 10.2 Å². The van der Waals surface area contributed by atoms with Crippen molar-refractivity contribution in [3.8, 4) is 11.5 Å². The van der Waals surface area contributed by atoms with E-state index in [1.165, 1.54) is 30.5 Å². The monoisotopic (exact) mass is 427 g/mol. The normalized spacial score (nSPS) is 10.6. The molecule has 0 aromatic heterocycles. The Morgan fingerprint density at radius 3 is 2.88 bits per heavy atom. The van der Waals surface area contributed by atoms with E-state index < -0.39 is 17.4 Å². The molecule has 0 atom stereocenters. The van der Waals surface area contributed by atoms with Gasteiger partial charge in [-0.25, -0.2) is 5.43 Å². The van der Waals surface area contributed by atoms with E-state index in [2.05, 4.69) is 26.5 Å². The van der Waals surface area contributed by atoms with Crippen LogP contribution in [0.25, 0.3) is 0 Å². The van der Waals surface area contributed by atoms with Crippen LogP contribution in [0.1, 0.15) is 5.56 Å². The first kappa shape index (κ1) is 18.7. The molecule has 2 N–H and O–H groups in total. The van der Waals surface area contributed by atoms with E-state index in [-0.39, 0.29) is 22.2 Å². The van der Waals surface area contributed by atoms with Gasteiger partial charge in [0.25, 0.3) is 5.91 Å². The molecule has 0 radical (unpaired) electrons. The fourth-order valence-corrected chi connectivity index (χ4v) is 2.60. The average Bonchev–Trinajstić information content (AvgIpc) is 2.57. The fourth-order valence-electron chi connectivity index (χ4n) is 1.76. The summed E-state index contributed by atoms with van der Waals surface area (Å²) in [6.45, 7) is -0.465. The van der Waals surface area contributed by atoms with Gasteiger partial charge >= 0.3 is 5.69 Å². The molecule has 0 aliphatic carbocycles. The molecule has 2 rings (SSSR count). The van der Waals surface area contributed by atoms with Gasteiger partial charge in [-0.15, -0.1) is 0 Å². The molecule has 8 nitrogen and oxygen atoms in total. The molecule has 2 aromatic carbocycles. The maximum absolute atomic E-state index is 11.7. The van der Waals surface area contributed by atoms with Crippen LogP contribution in [-0.2, 0) is 4.79 Å². The molecule has 1 amide bonds. The second-order valence-electron chi connectivity index (χ2n) is 4.63. The minimum absolute atomic E-state index is 0.0250. The fraction of sp³-hybridized carbons (Fsp3) is 0.0667. The Kier molecular flexibility index (Phi) is 6.31. The minimum Gasteiger partial charge on any atom is -0.506 e. The minimum atomic E-state index is -0.630. The standard InChI is InChI=1S/C15H11BrClN3O5/c16-10-5-9(15(22)11(17)6-10)7-18-19-14(21)8-25-13-4-2-1-3-12(13)20(23)24/h1-7,22H,8H2,(H,19,21). The highest BCUT2D eigenvalue weighted by Gasteiger charge is 2.14. The molecule has 0 unspecified atom stereocenters. The number of para-hydroxylation sites is 2. The van der Waals surface area contributed by atoms with Gasteiger partial charge in [-0.2, -0.15) is 5.10 Å². The van der Waals surface area contributed by atoms with E-state index in [0.29, 0.717) is 10.0 Å². The number of carbonyl (C=O) groups is 1. The Bertz CT molecular complexity index is 844. The zero-order valence-corrected chi connectivity index (χ0v) is 14.8. The number of amides is 1. The van der Waals surface area contributed by atoms with Crippen molar-refractivity contribution in [1.29, 1.82) is 0 Å². The zero-order valence-electron chi connectivity index (χ0n) is 12.5. The number of hydrazone groups is 1. The van der Waals surface area contributed by atoms with Crippen molar-refractivity contribution in [3.63, 3.8) is 0 Å². The van der Waals surface area contributed by atoms with Crippen molar-refractivity contribution in [2.45, 2.75) is 0 Å². The summed E-state index contributed by atoms with van der Waals surface area (Å²) in [5, 5.41) is 24.4. The number of carbonyl (C=O) groups excluding carboxylic acids is 1. The number of nitro groups is 1. The Morgan fingerprint density at radius 2 is 2.16 bits per heavy atom. The van der Waals surface area contributed by atoms with Gasteiger partial charge in [0.15, 0.2) is 12.4 Å². The summed E-state index contributed by atoms with van der Waals surface area (Å²) in [6.07, 6.45) is 1.20. The maximum Gasteiger partial charge on any atom is 0.310 e. The van der Waals surface area contributed by atoms with Gasteiger partial charge < -0.3 is 9.84 Å². The number of nitrogens with zero attached hydrogens (tertiary/aromatic N) is 2. The SMILES string of the molecule is O=C(COc1ccccc1[N+](=O)[O-])NN=Cc1cc(Br)cc(Cl)c1O. The Balaban J connectivity index is 1.95. The van der Waals surface area contributed by atoms with Gasteiger partial charge in [0.05, 0.1) is 16.2 Å². The number of ether oxygens (including phenoxy) is 1.